The van der Waals surface area contributed by atoms with Crippen molar-refractivity contribution in [1.82, 2.24) is 14.8 Å². The Kier molecular flexibility index (Phi) is 4.00. The van der Waals surface area contributed by atoms with Gasteiger partial charge in [-0.2, -0.15) is 0 Å². The molecule has 1 aromatic heterocycles. The zero-order valence-electron chi connectivity index (χ0n) is 13.8. The van der Waals surface area contributed by atoms with E-state index in [9.17, 15) is 9.59 Å². The van der Waals surface area contributed by atoms with Crippen LogP contribution in [0.1, 0.15) is 31.4 Å². The third-order valence-electron chi connectivity index (χ3n) is 5.33. The molecule has 0 radical (unpaired) electrons. The first-order valence-corrected chi connectivity index (χ1v) is 8.76. The Morgan fingerprint density at radius 3 is 2.75 bits per heavy atom. The Morgan fingerprint density at radius 1 is 1.29 bits per heavy atom. The monoisotopic (exact) mass is 329 g/mol. The van der Waals surface area contributed by atoms with E-state index < -0.39 is 0 Å². The number of ether oxygens (including phenoxy) is 1. The number of rotatable bonds is 3. The van der Waals surface area contributed by atoms with Crippen LogP contribution >= 0.6 is 0 Å². The molecule has 3 aliphatic rings. The molecular weight excluding hydrogens is 306 g/mol. The van der Waals surface area contributed by atoms with E-state index in [0.29, 0.717) is 19.0 Å². The van der Waals surface area contributed by atoms with Crippen molar-refractivity contribution in [2.75, 3.05) is 26.2 Å². The third-order valence-corrected chi connectivity index (χ3v) is 5.33. The van der Waals surface area contributed by atoms with Gasteiger partial charge in [0.05, 0.1) is 24.4 Å². The Bertz CT molecular complexity index is 622. The maximum absolute atomic E-state index is 12.2. The van der Waals surface area contributed by atoms with Gasteiger partial charge in [-0.25, -0.2) is 0 Å². The number of carbonyl (C=O) groups is 2. The largest absolute Gasteiger partial charge is 0.363 e. The van der Waals surface area contributed by atoms with Crippen molar-refractivity contribution >= 4 is 11.8 Å². The van der Waals surface area contributed by atoms with Crippen molar-refractivity contribution in [2.24, 2.45) is 5.92 Å². The van der Waals surface area contributed by atoms with Gasteiger partial charge >= 0.3 is 0 Å². The number of amides is 2. The molecule has 1 aliphatic carbocycles. The number of hydrogen-bond acceptors (Lipinski definition) is 4. The molecule has 2 aliphatic heterocycles. The van der Waals surface area contributed by atoms with E-state index in [2.05, 4.69) is 4.98 Å². The molecule has 128 valence electrons. The number of aromatic nitrogens is 1. The van der Waals surface area contributed by atoms with Crippen LogP contribution < -0.4 is 0 Å². The summed E-state index contributed by atoms with van der Waals surface area (Å²) in [6, 6.07) is 5.75. The summed E-state index contributed by atoms with van der Waals surface area (Å²) >= 11 is 0. The summed E-state index contributed by atoms with van der Waals surface area (Å²) in [6.45, 7) is 2.72. The second kappa shape index (κ2) is 6.16. The van der Waals surface area contributed by atoms with E-state index in [-0.39, 0.29) is 24.0 Å². The van der Waals surface area contributed by atoms with Gasteiger partial charge in [0.1, 0.15) is 6.61 Å². The second-order valence-electron chi connectivity index (χ2n) is 7.14. The van der Waals surface area contributed by atoms with Crippen LogP contribution in [0, 0.1) is 5.92 Å². The smallest absolute Gasteiger partial charge is 0.249 e. The molecule has 1 aromatic rings. The summed E-state index contributed by atoms with van der Waals surface area (Å²) in [5.41, 5.74) is 0.590. The summed E-state index contributed by atoms with van der Waals surface area (Å²) in [5.74, 6) is 0.596. The molecule has 0 aromatic carbocycles. The Balaban J connectivity index is 1.39. The van der Waals surface area contributed by atoms with Gasteiger partial charge in [0.15, 0.2) is 0 Å². The number of morpholine rings is 1. The van der Waals surface area contributed by atoms with E-state index >= 15 is 0 Å². The minimum Gasteiger partial charge on any atom is -0.363 e. The van der Waals surface area contributed by atoms with Crippen molar-refractivity contribution in [3.63, 3.8) is 0 Å². The quantitative estimate of drug-likeness (QED) is 0.836. The fraction of sp³-hybridized carbons (Fsp3) is 0.611. The average Bonchev–Trinajstić information content (AvgIpc) is 3.45. The Labute approximate surface area is 141 Å². The number of hydrogen-bond donors (Lipinski definition) is 0. The fourth-order valence-electron chi connectivity index (χ4n) is 3.64. The van der Waals surface area contributed by atoms with Crippen LogP contribution in [0.25, 0.3) is 0 Å². The predicted molar refractivity (Wildman–Crippen MR) is 86.9 cm³/mol. The maximum Gasteiger partial charge on any atom is 0.249 e. The number of nitrogens with zero attached hydrogens (tertiary/aromatic N) is 3. The van der Waals surface area contributed by atoms with Crippen LogP contribution in [-0.2, 0) is 20.9 Å². The summed E-state index contributed by atoms with van der Waals surface area (Å²) in [5, 5.41) is 0. The summed E-state index contributed by atoms with van der Waals surface area (Å²) < 4.78 is 5.94. The standard InChI is InChI=1S/C18H23N3O3/c22-16-12-24-18(13-21(16)11-15-3-1-2-8-19-15)6-9-20(10-7-18)17(23)14-4-5-14/h1-3,8,14H,4-7,9-13H2. The number of likely N-dealkylation sites (tertiary alicyclic amines) is 1. The first-order valence-electron chi connectivity index (χ1n) is 8.76. The third kappa shape index (κ3) is 3.15. The highest BCUT2D eigenvalue weighted by Crippen LogP contribution is 2.35. The van der Waals surface area contributed by atoms with Crippen molar-refractivity contribution in [2.45, 2.75) is 37.8 Å². The van der Waals surface area contributed by atoms with Gasteiger partial charge in [0.2, 0.25) is 11.8 Å². The zero-order valence-corrected chi connectivity index (χ0v) is 13.8. The van der Waals surface area contributed by atoms with E-state index in [0.717, 1.165) is 44.5 Å². The summed E-state index contributed by atoms with van der Waals surface area (Å²) in [4.78, 5) is 32.5. The molecule has 1 spiro atoms. The molecule has 4 rings (SSSR count). The fourth-order valence-corrected chi connectivity index (χ4v) is 3.64. The van der Waals surface area contributed by atoms with Gasteiger partial charge < -0.3 is 14.5 Å². The van der Waals surface area contributed by atoms with Gasteiger partial charge in [-0.15, -0.1) is 0 Å². The Morgan fingerprint density at radius 2 is 2.08 bits per heavy atom. The predicted octanol–water partition coefficient (Wildman–Crippen LogP) is 1.21. The Hall–Kier alpha value is -1.95. The van der Waals surface area contributed by atoms with E-state index in [4.69, 9.17) is 4.74 Å². The lowest BCUT2D eigenvalue weighted by atomic mass is 9.89. The molecule has 1 saturated carbocycles. The van der Waals surface area contributed by atoms with Gasteiger partial charge in [-0.3, -0.25) is 14.6 Å². The highest BCUT2D eigenvalue weighted by Gasteiger charge is 2.44. The van der Waals surface area contributed by atoms with Gasteiger partial charge in [0, 0.05) is 25.2 Å². The van der Waals surface area contributed by atoms with Gasteiger partial charge in [0.25, 0.3) is 0 Å². The van der Waals surface area contributed by atoms with E-state index in [1.165, 1.54) is 0 Å². The first kappa shape index (κ1) is 15.6. The molecule has 6 heteroatoms. The van der Waals surface area contributed by atoms with Crippen LogP contribution in [0.3, 0.4) is 0 Å². The summed E-state index contributed by atoms with van der Waals surface area (Å²) in [6.07, 6.45) is 5.44. The lowest BCUT2D eigenvalue weighted by Crippen LogP contribution is -2.59. The van der Waals surface area contributed by atoms with Crippen molar-refractivity contribution in [3.05, 3.63) is 30.1 Å². The molecule has 24 heavy (non-hydrogen) atoms. The van der Waals surface area contributed by atoms with Crippen LogP contribution in [0.4, 0.5) is 0 Å². The molecule has 0 atom stereocenters. The molecule has 2 amide bonds. The van der Waals surface area contributed by atoms with Crippen LogP contribution in [-0.4, -0.2) is 58.4 Å². The van der Waals surface area contributed by atoms with Gasteiger partial charge in [-0.1, -0.05) is 6.07 Å². The molecular formula is C18H23N3O3. The zero-order chi connectivity index (χ0) is 16.6. The summed E-state index contributed by atoms with van der Waals surface area (Å²) in [7, 11) is 0. The average molecular weight is 329 g/mol. The minimum atomic E-state index is -0.303. The van der Waals surface area contributed by atoms with Crippen molar-refractivity contribution < 1.29 is 14.3 Å². The van der Waals surface area contributed by atoms with E-state index in [1.807, 2.05) is 28.0 Å². The van der Waals surface area contributed by atoms with Crippen LogP contribution in [0.2, 0.25) is 0 Å². The lowest BCUT2D eigenvalue weighted by Gasteiger charge is -2.47. The molecule has 2 saturated heterocycles. The topological polar surface area (TPSA) is 62.7 Å². The van der Waals surface area contributed by atoms with Crippen LogP contribution in [0.5, 0.6) is 0 Å². The molecule has 0 bridgehead atoms. The highest BCUT2D eigenvalue weighted by atomic mass is 16.5. The molecule has 3 heterocycles. The normalized spacial score (nSPS) is 23.6. The molecule has 3 fully saturated rings. The molecule has 0 N–H and O–H groups in total. The first-order chi connectivity index (χ1) is 11.7. The van der Waals surface area contributed by atoms with Crippen molar-refractivity contribution in [3.8, 4) is 0 Å². The van der Waals surface area contributed by atoms with E-state index in [1.54, 1.807) is 6.20 Å². The minimum absolute atomic E-state index is 0.0164. The lowest BCUT2D eigenvalue weighted by molar-refractivity contribution is -0.174. The second-order valence-corrected chi connectivity index (χ2v) is 7.14. The highest BCUT2D eigenvalue weighted by molar-refractivity contribution is 5.81. The SMILES string of the molecule is O=C1COC2(CCN(C(=O)C3CC3)CC2)CN1Cc1ccccn1. The van der Waals surface area contributed by atoms with Crippen LogP contribution in [0.15, 0.2) is 24.4 Å². The molecule has 0 unspecified atom stereocenters. The number of piperidine rings is 1. The molecule has 6 nitrogen and oxygen atoms in total. The number of pyridine rings is 1. The van der Waals surface area contributed by atoms with Gasteiger partial charge in [-0.05, 0) is 37.8 Å². The van der Waals surface area contributed by atoms with Crippen molar-refractivity contribution in [1.29, 1.82) is 0 Å². The number of carbonyl (C=O) groups excluding carboxylic acids is 2. The maximum atomic E-state index is 12.2.